The highest BCUT2D eigenvalue weighted by molar-refractivity contribution is 7.13. The number of nitrogens with one attached hydrogen (secondary N) is 4. The highest BCUT2D eigenvalue weighted by Crippen LogP contribution is 2.32. The number of H-pyrrole nitrogens is 1. The summed E-state index contributed by atoms with van der Waals surface area (Å²) >= 11 is 7.84. The summed E-state index contributed by atoms with van der Waals surface area (Å²) in [6.07, 6.45) is 11.5. The van der Waals surface area contributed by atoms with Gasteiger partial charge in [0.25, 0.3) is 0 Å². The third-order valence-electron chi connectivity index (χ3n) is 15.8. The molecule has 7 N–H and O–H groups in total. The Morgan fingerprint density at radius 3 is 2.21 bits per heavy atom. The van der Waals surface area contributed by atoms with Gasteiger partial charge in [0.1, 0.15) is 29.9 Å². The summed E-state index contributed by atoms with van der Waals surface area (Å²) in [5, 5.41) is 21.4. The number of nitrogens with zero attached hydrogens (tertiary/aromatic N) is 7. The topological polar surface area (TPSA) is 235 Å². The van der Waals surface area contributed by atoms with Gasteiger partial charge in [-0.25, -0.2) is 15.0 Å². The molecule has 5 amide bonds. The van der Waals surface area contributed by atoms with Crippen LogP contribution in [0, 0.1) is 12.3 Å². The Morgan fingerprint density at radius 1 is 0.859 bits per heavy atom. The minimum Gasteiger partial charge on any atom is -0.391 e. The Balaban J connectivity index is 0.690. The Hall–Kier alpha value is -5.99. The lowest BCUT2D eigenvalue weighted by atomic mass is 9.85. The summed E-state index contributed by atoms with van der Waals surface area (Å²) in [6.45, 7) is 12.8. The van der Waals surface area contributed by atoms with Gasteiger partial charge in [-0.3, -0.25) is 28.9 Å². The molecule has 5 aromatic rings. The fourth-order valence-electron chi connectivity index (χ4n) is 10.9. The van der Waals surface area contributed by atoms with E-state index in [1.54, 1.807) is 17.7 Å². The molecule has 2 aromatic carbocycles. The fraction of sp³-hybridized carbons (Fsp3) is 0.552. The van der Waals surface area contributed by atoms with Crippen LogP contribution in [0.3, 0.4) is 0 Å². The van der Waals surface area contributed by atoms with E-state index in [0.717, 1.165) is 102 Å². The molecule has 0 aliphatic carbocycles. The van der Waals surface area contributed by atoms with Crippen LogP contribution in [0.25, 0.3) is 21.5 Å². The predicted octanol–water partition coefficient (Wildman–Crippen LogP) is 7.05. The number of fused-ring (bicyclic) bond motifs is 1. The number of likely N-dealkylation sites (tertiary alicyclic amines) is 1. The normalized spacial score (nSPS) is 18.7. The summed E-state index contributed by atoms with van der Waals surface area (Å²) in [4.78, 5) is 93.4. The van der Waals surface area contributed by atoms with E-state index < -0.39 is 29.1 Å². The van der Waals surface area contributed by atoms with Crippen LogP contribution < -0.4 is 26.6 Å². The number of unbranched alkanes of at least 4 members (excludes halogenated alkanes) is 6. The maximum atomic E-state index is 14.1. The van der Waals surface area contributed by atoms with E-state index in [0.29, 0.717) is 63.3 Å². The first-order chi connectivity index (χ1) is 37.5. The number of hydrogen-bond donors (Lipinski definition) is 6. The molecule has 3 saturated heterocycles. The number of carbonyl (C=O) groups is 5. The molecule has 8 rings (SSSR count). The van der Waals surface area contributed by atoms with Crippen molar-refractivity contribution < 1.29 is 29.1 Å². The van der Waals surface area contributed by atoms with Gasteiger partial charge in [-0.1, -0.05) is 101 Å². The number of thiazole rings is 1. The van der Waals surface area contributed by atoms with E-state index in [4.69, 9.17) is 17.3 Å². The summed E-state index contributed by atoms with van der Waals surface area (Å²) in [5.74, 6) is -0.0496. The molecule has 3 aliphatic rings. The van der Waals surface area contributed by atoms with Crippen molar-refractivity contribution in [3.63, 3.8) is 0 Å². The van der Waals surface area contributed by atoms with Gasteiger partial charge < -0.3 is 46.5 Å². The number of amides is 5. The number of aryl methyl sites for hydroxylation is 1. The lowest BCUT2D eigenvalue weighted by Gasteiger charge is -2.39. The average molecular weight is 1110 g/mol. The molecule has 78 heavy (non-hydrogen) atoms. The maximum absolute atomic E-state index is 14.1. The summed E-state index contributed by atoms with van der Waals surface area (Å²) in [5.41, 5.74) is 11.7. The van der Waals surface area contributed by atoms with E-state index in [1.165, 1.54) is 4.90 Å². The van der Waals surface area contributed by atoms with Crippen LogP contribution >= 0.6 is 22.9 Å². The van der Waals surface area contributed by atoms with Gasteiger partial charge in [0.2, 0.25) is 29.5 Å². The number of rotatable bonds is 23. The van der Waals surface area contributed by atoms with Crippen molar-refractivity contribution >= 4 is 69.3 Å². The number of piperidine rings is 1. The van der Waals surface area contributed by atoms with Crippen molar-refractivity contribution in [3.8, 4) is 10.4 Å². The zero-order valence-electron chi connectivity index (χ0n) is 45.8. The van der Waals surface area contributed by atoms with Crippen LogP contribution in [-0.2, 0) is 30.5 Å². The molecule has 3 fully saturated rings. The second-order valence-corrected chi connectivity index (χ2v) is 23.9. The van der Waals surface area contributed by atoms with Crippen molar-refractivity contribution in [3.05, 3.63) is 94.5 Å². The monoisotopic (exact) mass is 1110 g/mol. The number of hydrogen-bond acceptors (Lipinski definition) is 13. The molecule has 20 heteroatoms. The standard InChI is InChI=1S/C58H79ClN12O6S/c1-39-50(78-38-65-39)42-16-14-40(15-17-42)35-62-54(75)47-34-44(72)36-71(47)55(76)51(57(2,3)4)67-48(73)12-10-8-6-5-7-9-11-13-49(74)69-32-30-68(31-33-69)27-23-46(41-18-20-43(59)21-19-41)66-56(77)58(60)24-28-70(29-25-58)53-45-22-26-61-52(45)63-37-64-53/h14-22,26,37-38,44,46-47,51,72H,5-13,23-25,27-36,60H2,1-4H3,(H,62,75)(H,66,77)(H,67,73)(H,61,63,64)/t44-,46?,47+,51?/m0/s1. The molecule has 3 aromatic heterocycles. The number of aromatic amines is 1. The second kappa shape index (κ2) is 26.8. The molecule has 2 unspecified atom stereocenters. The molecule has 4 atom stereocenters. The number of halogens is 1. The Labute approximate surface area is 467 Å². The number of β-amino-alcohol motifs (C(OH)–C–C–N with tert-alkyl or cyclic N) is 1. The van der Waals surface area contributed by atoms with Gasteiger partial charge >= 0.3 is 0 Å². The van der Waals surface area contributed by atoms with Crippen LogP contribution in [0.5, 0.6) is 0 Å². The fourth-order valence-corrected chi connectivity index (χ4v) is 11.9. The average Bonchev–Trinajstić information content (AvgIpc) is 4.20. The number of aromatic nitrogens is 4. The van der Waals surface area contributed by atoms with Crippen molar-refractivity contribution in [1.82, 2.24) is 50.6 Å². The molecule has 3 aliphatic heterocycles. The summed E-state index contributed by atoms with van der Waals surface area (Å²) in [6, 6.07) is 15.5. The Kier molecular flexibility index (Phi) is 20.0. The van der Waals surface area contributed by atoms with E-state index in [2.05, 4.69) is 45.7 Å². The molecular formula is C58H79ClN12O6S. The van der Waals surface area contributed by atoms with Crippen LogP contribution in [-0.4, -0.2) is 145 Å². The minimum atomic E-state index is -1.02. The van der Waals surface area contributed by atoms with Crippen molar-refractivity contribution in [2.24, 2.45) is 11.1 Å². The van der Waals surface area contributed by atoms with Crippen molar-refractivity contribution in [2.45, 2.75) is 147 Å². The smallest absolute Gasteiger partial charge is 0.246 e. The summed E-state index contributed by atoms with van der Waals surface area (Å²) in [7, 11) is 0. The quantitative estimate of drug-likeness (QED) is 0.0361. The largest absolute Gasteiger partial charge is 0.391 e. The number of piperazine rings is 1. The number of benzene rings is 2. The highest BCUT2D eigenvalue weighted by Gasteiger charge is 2.45. The van der Waals surface area contributed by atoms with Crippen molar-refractivity contribution in [1.29, 1.82) is 0 Å². The number of carbonyl (C=O) groups excluding carboxylic acids is 5. The molecule has 0 bridgehead atoms. The zero-order valence-corrected chi connectivity index (χ0v) is 47.3. The van der Waals surface area contributed by atoms with Gasteiger partial charge in [-0.05, 0) is 79.3 Å². The third kappa shape index (κ3) is 15.2. The Morgan fingerprint density at radius 2 is 1.54 bits per heavy atom. The summed E-state index contributed by atoms with van der Waals surface area (Å²) < 4.78 is 0. The van der Waals surface area contributed by atoms with Gasteiger partial charge in [0.05, 0.1) is 39.2 Å². The lowest BCUT2D eigenvalue weighted by molar-refractivity contribution is -0.144. The maximum Gasteiger partial charge on any atom is 0.246 e. The van der Waals surface area contributed by atoms with Crippen LogP contribution in [0.4, 0.5) is 5.82 Å². The van der Waals surface area contributed by atoms with Gasteiger partial charge in [0, 0.05) is 89.4 Å². The van der Waals surface area contributed by atoms with E-state index >= 15 is 0 Å². The first-order valence-corrected chi connectivity index (χ1v) is 29.1. The van der Waals surface area contributed by atoms with E-state index in [9.17, 15) is 29.1 Å². The molecule has 6 heterocycles. The van der Waals surface area contributed by atoms with Crippen LogP contribution in [0.15, 0.2) is 72.6 Å². The Bertz CT molecular complexity index is 2800. The number of anilines is 1. The van der Waals surface area contributed by atoms with Crippen LogP contribution in [0.1, 0.15) is 127 Å². The van der Waals surface area contributed by atoms with Gasteiger partial charge in [-0.2, -0.15) is 0 Å². The third-order valence-corrected chi connectivity index (χ3v) is 17.0. The lowest BCUT2D eigenvalue weighted by Crippen LogP contribution is -2.60. The minimum absolute atomic E-state index is 0.0228. The predicted molar refractivity (Wildman–Crippen MR) is 305 cm³/mol. The number of aliphatic hydroxyl groups is 1. The number of aliphatic hydroxyl groups excluding tert-OH is 1. The zero-order chi connectivity index (χ0) is 55.4. The first-order valence-electron chi connectivity index (χ1n) is 27.9. The highest BCUT2D eigenvalue weighted by atomic mass is 35.5. The first kappa shape index (κ1) is 58.2. The molecular weight excluding hydrogens is 1030 g/mol. The van der Waals surface area contributed by atoms with Crippen LogP contribution in [0.2, 0.25) is 5.02 Å². The van der Waals surface area contributed by atoms with Gasteiger partial charge in [-0.15, -0.1) is 11.3 Å². The van der Waals surface area contributed by atoms with E-state index in [1.807, 2.05) is 98.9 Å². The molecule has 0 saturated carbocycles. The molecule has 18 nitrogen and oxygen atoms in total. The second-order valence-electron chi connectivity index (χ2n) is 22.6. The van der Waals surface area contributed by atoms with Crippen molar-refractivity contribution in [2.75, 3.05) is 57.3 Å². The molecule has 420 valence electrons. The number of nitrogens with two attached hydrogens (primary N) is 1. The molecule has 0 radical (unpaired) electrons. The SMILES string of the molecule is Cc1ncsc1-c1ccc(CNC(=O)[C@H]2C[C@H](O)CN2C(=O)C(NC(=O)CCCCCCCCCC(=O)N2CCN(CCC(NC(=O)C3(N)CCN(c4ncnc5[nH]ccc45)CC3)c3ccc(Cl)cc3)CC2)C(C)(C)C)cc1. The van der Waals surface area contributed by atoms with Gasteiger partial charge in [0.15, 0.2) is 0 Å². The molecule has 0 spiro atoms. The van der Waals surface area contributed by atoms with E-state index in [-0.39, 0.29) is 61.5 Å².